The number of rotatable bonds is 6. The highest BCUT2D eigenvalue weighted by Crippen LogP contribution is 2.38. The first-order valence-corrected chi connectivity index (χ1v) is 7.10. The summed E-state index contributed by atoms with van der Waals surface area (Å²) in [4.78, 5) is 0. The van der Waals surface area contributed by atoms with Gasteiger partial charge in [0.15, 0.2) is 11.5 Å². The molecule has 0 amide bonds. The quantitative estimate of drug-likeness (QED) is 0.891. The van der Waals surface area contributed by atoms with E-state index in [1.54, 1.807) is 23.0 Å². The summed E-state index contributed by atoms with van der Waals surface area (Å²) in [6.07, 6.45) is 3.66. The number of aryl methyl sites for hydroxylation is 1. The first kappa shape index (κ1) is 15.7. The summed E-state index contributed by atoms with van der Waals surface area (Å²) in [5, 5.41) is 15.1. The van der Waals surface area contributed by atoms with Crippen molar-refractivity contribution in [2.75, 3.05) is 14.2 Å². The minimum Gasteiger partial charge on any atom is -0.493 e. The Hall–Kier alpha value is -1.72. The minimum atomic E-state index is -0.812. The van der Waals surface area contributed by atoms with Crippen molar-refractivity contribution in [2.24, 2.45) is 0 Å². The Balaban J connectivity index is 2.33. The van der Waals surface area contributed by atoms with Crippen LogP contribution < -0.4 is 9.47 Å². The Bertz CT molecular complexity index is 613. The maximum Gasteiger partial charge on any atom is 0.179 e. The van der Waals surface area contributed by atoms with E-state index in [4.69, 9.17) is 21.1 Å². The van der Waals surface area contributed by atoms with Crippen LogP contribution in [0.1, 0.15) is 30.6 Å². The molecular formula is C15H19ClN2O3. The predicted molar refractivity (Wildman–Crippen MR) is 81.1 cm³/mol. The Morgan fingerprint density at radius 2 is 2.05 bits per heavy atom. The molecule has 0 aliphatic rings. The van der Waals surface area contributed by atoms with Gasteiger partial charge in [-0.3, -0.25) is 4.68 Å². The molecule has 1 atom stereocenters. The average molecular weight is 311 g/mol. The van der Waals surface area contributed by atoms with Crippen molar-refractivity contribution in [1.82, 2.24) is 9.78 Å². The standard InChI is InChI=1S/C15H19ClN2O3/c1-4-5-18-9-11(8-17-18)14(19)10-6-12(16)15(21-3)13(7-10)20-2/h6-9,14,19H,4-5H2,1-3H3. The van der Waals surface area contributed by atoms with Crippen LogP contribution in [0.2, 0.25) is 5.02 Å². The van der Waals surface area contributed by atoms with Crippen molar-refractivity contribution >= 4 is 11.6 Å². The average Bonchev–Trinajstić information content (AvgIpc) is 2.94. The molecule has 2 aromatic rings. The van der Waals surface area contributed by atoms with E-state index in [0.29, 0.717) is 27.6 Å². The van der Waals surface area contributed by atoms with Crippen LogP contribution in [0.3, 0.4) is 0 Å². The van der Waals surface area contributed by atoms with Crippen LogP contribution in [0.4, 0.5) is 0 Å². The third-order valence-electron chi connectivity index (χ3n) is 3.19. The summed E-state index contributed by atoms with van der Waals surface area (Å²) >= 11 is 6.16. The van der Waals surface area contributed by atoms with Crippen LogP contribution in [0, 0.1) is 0 Å². The van der Waals surface area contributed by atoms with Crippen LogP contribution in [0.5, 0.6) is 11.5 Å². The van der Waals surface area contributed by atoms with E-state index in [0.717, 1.165) is 13.0 Å². The molecule has 1 unspecified atom stereocenters. The van der Waals surface area contributed by atoms with E-state index in [2.05, 4.69) is 12.0 Å². The van der Waals surface area contributed by atoms with Gasteiger partial charge in [0.2, 0.25) is 0 Å². The highest BCUT2D eigenvalue weighted by Gasteiger charge is 2.18. The molecule has 0 fully saturated rings. The number of nitrogens with zero attached hydrogens (tertiary/aromatic N) is 2. The van der Waals surface area contributed by atoms with Crippen molar-refractivity contribution in [3.63, 3.8) is 0 Å². The highest BCUT2D eigenvalue weighted by molar-refractivity contribution is 6.32. The lowest BCUT2D eigenvalue weighted by Crippen LogP contribution is -2.01. The molecule has 1 aromatic heterocycles. The molecule has 0 saturated heterocycles. The van der Waals surface area contributed by atoms with Gasteiger partial charge in [-0.1, -0.05) is 18.5 Å². The molecule has 114 valence electrons. The number of methoxy groups -OCH3 is 2. The molecule has 0 aliphatic heterocycles. The van der Waals surface area contributed by atoms with Gasteiger partial charge in [-0.15, -0.1) is 0 Å². The maximum atomic E-state index is 10.5. The van der Waals surface area contributed by atoms with E-state index in [1.807, 2.05) is 6.20 Å². The Morgan fingerprint density at radius 1 is 1.29 bits per heavy atom. The second-order valence-electron chi connectivity index (χ2n) is 4.68. The van der Waals surface area contributed by atoms with Crippen LogP contribution in [0.15, 0.2) is 24.5 Å². The number of halogens is 1. The Labute approximate surface area is 129 Å². The number of aromatic nitrogens is 2. The Kier molecular flexibility index (Phi) is 5.09. The van der Waals surface area contributed by atoms with Crippen molar-refractivity contribution in [3.05, 3.63) is 40.7 Å². The van der Waals surface area contributed by atoms with Crippen molar-refractivity contribution < 1.29 is 14.6 Å². The number of benzene rings is 1. The summed E-state index contributed by atoms with van der Waals surface area (Å²) in [6, 6.07) is 3.39. The molecule has 0 bridgehead atoms. The van der Waals surface area contributed by atoms with Gasteiger partial charge in [0.25, 0.3) is 0 Å². The zero-order valence-electron chi connectivity index (χ0n) is 12.3. The summed E-state index contributed by atoms with van der Waals surface area (Å²) < 4.78 is 12.2. The molecule has 21 heavy (non-hydrogen) atoms. The van der Waals surface area contributed by atoms with Gasteiger partial charge in [0, 0.05) is 18.3 Å². The molecule has 1 N–H and O–H groups in total. The lowest BCUT2D eigenvalue weighted by molar-refractivity contribution is 0.219. The summed E-state index contributed by atoms with van der Waals surface area (Å²) in [5.41, 5.74) is 1.35. The van der Waals surface area contributed by atoms with Gasteiger partial charge >= 0.3 is 0 Å². The fourth-order valence-electron chi connectivity index (χ4n) is 2.16. The fourth-order valence-corrected chi connectivity index (χ4v) is 2.46. The van der Waals surface area contributed by atoms with Crippen molar-refractivity contribution in [2.45, 2.75) is 26.0 Å². The molecule has 0 saturated carbocycles. The predicted octanol–water partition coefficient (Wildman–Crippen LogP) is 3.05. The van der Waals surface area contributed by atoms with E-state index in [-0.39, 0.29) is 0 Å². The Morgan fingerprint density at radius 3 is 2.67 bits per heavy atom. The van der Waals surface area contributed by atoms with Crippen LogP contribution in [0.25, 0.3) is 0 Å². The van der Waals surface area contributed by atoms with Gasteiger partial charge in [-0.2, -0.15) is 5.10 Å². The van der Waals surface area contributed by atoms with Gasteiger partial charge in [0.1, 0.15) is 6.10 Å². The van der Waals surface area contributed by atoms with Crippen molar-refractivity contribution in [1.29, 1.82) is 0 Å². The zero-order chi connectivity index (χ0) is 15.4. The minimum absolute atomic E-state index is 0.395. The molecule has 0 radical (unpaired) electrons. The van der Waals surface area contributed by atoms with Crippen LogP contribution in [-0.4, -0.2) is 29.1 Å². The molecular weight excluding hydrogens is 292 g/mol. The number of aliphatic hydroxyl groups excluding tert-OH is 1. The molecule has 0 aliphatic carbocycles. The normalized spacial score (nSPS) is 12.2. The third-order valence-corrected chi connectivity index (χ3v) is 3.47. The van der Waals surface area contributed by atoms with Gasteiger partial charge < -0.3 is 14.6 Å². The molecule has 0 spiro atoms. The zero-order valence-corrected chi connectivity index (χ0v) is 13.1. The molecule has 2 rings (SSSR count). The lowest BCUT2D eigenvalue weighted by atomic mass is 10.0. The third kappa shape index (κ3) is 3.31. The topological polar surface area (TPSA) is 56.5 Å². The first-order chi connectivity index (χ1) is 10.1. The van der Waals surface area contributed by atoms with Gasteiger partial charge in [-0.25, -0.2) is 0 Å². The van der Waals surface area contributed by atoms with E-state index in [1.165, 1.54) is 14.2 Å². The first-order valence-electron chi connectivity index (χ1n) is 6.72. The number of hydrogen-bond donors (Lipinski definition) is 1. The molecule has 1 heterocycles. The van der Waals surface area contributed by atoms with Crippen molar-refractivity contribution in [3.8, 4) is 11.5 Å². The molecule has 1 aromatic carbocycles. The monoisotopic (exact) mass is 310 g/mol. The van der Waals surface area contributed by atoms with E-state index >= 15 is 0 Å². The van der Waals surface area contributed by atoms with Gasteiger partial charge in [-0.05, 0) is 24.1 Å². The smallest absolute Gasteiger partial charge is 0.179 e. The molecule has 5 nitrogen and oxygen atoms in total. The van der Waals surface area contributed by atoms with Crippen LogP contribution in [-0.2, 0) is 6.54 Å². The molecule has 6 heteroatoms. The second-order valence-corrected chi connectivity index (χ2v) is 5.08. The van der Waals surface area contributed by atoms with E-state index < -0.39 is 6.10 Å². The number of hydrogen-bond acceptors (Lipinski definition) is 4. The van der Waals surface area contributed by atoms with E-state index in [9.17, 15) is 5.11 Å². The second kappa shape index (κ2) is 6.83. The SMILES string of the molecule is CCCn1cc(C(O)c2cc(Cl)c(OC)c(OC)c2)cn1. The number of aliphatic hydroxyl groups is 1. The lowest BCUT2D eigenvalue weighted by Gasteiger charge is -2.14. The van der Waals surface area contributed by atoms with Gasteiger partial charge in [0.05, 0.1) is 25.4 Å². The maximum absolute atomic E-state index is 10.5. The highest BCUT2D eigenvalue weighted by atomic mass is 35.5. The largest absolute Gasteiger partial charge is 0.493 e. The van der Waals surface area contributed by atoms with Crippen LogP contribution >= 0.6 is 11.6 Å². The summed E-state index contributed by atoms with van der Waals surface area (Å²) in [6.45, 7) is 2.89. The summed E-state index contributed by atoms with van der Waals surface area (Å²) in [7, 11) is 3.05. The summed E-state index contributed by atoms with van der Waals surface area (Å²) in [5.74, 6) is 0.941. The number of ether oxygens (including phenoxy) is 2. The fraction of sp³-hybridized carbons (Fsp3) is 0.400.